The summed E-state index contributed by atoms with van der Waals surface area (Å²) < 4.78 is 7.48. The summed E-state index contributed by atoms with van der Waals surface area (Å²) in [6.07, 6.45) is 6.98. The largest absolute Gasteiger partial charge is 0.381 e. The summed E-state index contributed by atoms with van der Waals surface area (Å²) in [5.41, 5.74) is 5.53. The summed E-state index contributed by atoms with van der Waals surface area (Å²) in [7, 11) is 0. The van der Waals surface area contributed by atoms with Gasteiger partial charge in [0, 0.05) is 37.4 Å². The number of benzene rings is 1. The first-order valence-corrected chi connectivity index (χ1v) is 12.0. The number of nitrogens with one attached hydrogen (secondary N) is 1. The van der Waals surface area contributed by atoms with Gasteiger partial charge in [0.2, 0.25) is 0 Å². The average molecular weight is 458 g/mol. The number of H-pyrrole nitrogens is 1. The SMILES string of the molecule is CCc1cnc2c(c1)CCN2C(=O)c1cc2[nH]c(=O)c3cnc(C4CCOCC4)n3c2cc1C. The van der Waals surface area contributed by atoms with Crippen molar-refractivity contribution >= 4 is 28.3 Å². The topological polar surface area (TPSA) is 92.6 Å². The average Bonchev–Trinajstić information content (AvgIpc) is 3.49. The zero-order chi connectivity index (χ0) is 23.4. The number of pyridine rings is 1. The summed E-state index contributed by atoms with van der Waals surface area (Å²) >= 11 is 0. The quantitative estimate of drug-likeness (QED) is 0.508. The molecule has 2 aliphatic rings. The number of fused-ring (bicyclic) bond motifs is 4. The molecule has 0 bridgehead atoms. The van der Waals surface area contributed by atoms with Crippen LogP contribution in [0.3, 0.4) is 0 Å². The molecule has 0 saturated carbocycles. The number of hydrogen-bond donors (Lipinski definition) is 1. The molecule has 8 nitrogen and oxygen atoms in total. The van der Waals surface area contributed by atoms with E-state index in [4.69, 9.17) is 4.74 Å². The highest BCUT2D eigenvalue weighted by Gasteiger charge is 2.29. The highest BCUT2D eigenvalue weighted by atomic mass is 16.5. The number of aromatic nitrogens is 4. The highest BCUT2D eigenvalue weighted by Crippen LogP contribution is 2.31. The number of imidazole rings is 1. The molecule has 5 heterocycles. The van der Waals surface area contributed by atoms with Crippen LogP contribution in [0.5, 0.6) is 0 Å². The molecule has 1 saturated heterocycles. The van der Waals surface area contributed by atoms with Gasteiger partial charge in [-0.05, 0) is 61.4 Å². The lowest BCUT2D eigenvalue weighted by Gasteiger charge is -2.22. The number of aromatic amines is 1. The Labute approximate surface area is 196 Å². The fourth-order valence-corrected chi connectivity index (χ4v) is 5.27. The van der Waals surface area contributed by atoms with Crippen LogP contribution < -0.4 is 10.5 Å². The van der Waals surface area contributed by atoms with Gasteiger partial charge in [-0.25, -0.2) is 9.97 Å². The van der Waals surface area contributed by atoms with Gasteiger partial charge in [0.25, 0.3) is 11.5 Å². The van der Waals surface area contributed by atoms with E-state index >= 15 is 0 Å². The molecule has 8 heteroatoms. The van der Waals surface area contributed by atoms with Crippen molar-refractivity contribution in [2.45, 2.75) is 45.4 Å². The van der Waals surface area contributed by atoms with Crippen molar-refractivity contribution in [3.63, 3.8) is 0 Å². The zero-order valence-electron chi connectivity index (χ0n) is 19.4. The van der Waals surface area contributed by atoms with E-state index in [1.54, 1.807) is 17.2 Å². The van der Waals surface area contributed by atoms with Crippen molar-refractivity contribution < 1.29 is 9.53 Å². The Morgan fingerprint density at radius 2 is 1.97 bits per heavy atom. The third kappa shape index (κ3) is 3.24. The summed E-state index contributed by atoms with van der Waals surface area (Å²) in [4.78, 5) is 40.4. The Morgan fingerprint density at radius 1 is 1.15 bits per heavy atom. The number of carbonyl (C=O) groups excluding carboxylic acids is 1. The molecule has 34 heavy (non-hydrogen) atoms. The van der Waals surface area contributed by atoms with Crippen molar-refractivity contribution in [2.75, 3.05) is 24.7 Å². The van der Waals surface area contributed by atoms with Crippen LogP contribution in [0.4, 0.5) is 5.82 Å². The maximum atomic E-state index is 13.6. The van der Waals surface area contributed by atoms with Gasteiger partial charge in [-0.3, -0.25) is 18.9 Å². The first-order valence-electron chi connectivity index (χ1n) is 12.0. The normalized spacial score (nSPS) is 16.5. The minimum absolute atomic E-state index is 0.0915. The van der Waals surface area contributed by atoms with E-state index in [1.807, 2.05) is 23.6 Å². The number of rotatable bonds is 3. The molecule has 0 atom stereocenters. The lowest BCUT2D eigenvalue weighted by atomic mass is 9.99. The van der Waals surface area contributed by atoms with E-state index in [0.29, 0.717) is 36.4 Å². The number of carbonyl (C=O) groups is 1. The van der Waals surface area contributed by atoms with Gasteiger partial charge in [-0.2, -0.15) is 0 Å². The minimum Gasteiger partial charge on any atom is -0.381 e. The van der Waals surface area contributed by atoms with Crippen LogP contribution in [0.15, 0.2) is 35.4 Å². The molecule has 174 valence electrons. The molecule has 3 aromatic heterocycles. The first kappa shape index (κ1) is 21.0. The van der Waals surface area contributed by atoms with Gasteiger partial charge >= 0.3 is 0 Å². The number of amides is 1. The van der Waals surface area contributed by atoms with Crippen LogP contribution in [-0.2, 0) is 17.6 Å². The second-order valence-corrected chi connectivity index (χ2v) is 9.25. The van der Waals surface area contributed by atoms with Gasteiger partial charge < -0.3 is 9.72 Å². The molecular weight excluding hydrogens is 430 g/mol. The fraction of sp³-hybridized carbons (Fsp3) is 0.385. The van der Waals surface area contributed by atoms with E-state index in [9.17, 15) is 9.59 Å². The van der Waals surface area contributed by atoms with E-state index in [1.165, 1.54) is 5.56 Å². The predicted octanol–water partition coefficient (Wildman–Crippen LogP) is 3.54. The second-order valence-electron chi connectivity index (χ2n) is 9.25. The summed E-state index contributed by atoms with van der Waals surface area (Å²) in [6, 6.07) is 5.94. The van der Waals surface area contributed by atoms with Crippen LogP contribution in [0.25, 0.3) is 16.6 Å². The first-order chi connectivity index (χ1) is 16.5. The maximum Gasteiger partial charge on any atom is 0.274 e. The van der Waals surface area contributed by atoms with Crippen LogP contribution in [0.2, 0.25) is 0 Å². The molecule has 0 radical (unpaired) electrons. The number of aryl methyl sites for hydroxylation is 2. The van der Waals surface area contributed by atoms with Gasteiger partial charge in [-0.15, -0.1) is 0 Å². The molecular formula is C26H27N5O3. The summed E-state index contributed by atoms with van der Waals surface area (Å²) in [6.45, 7) is 6.05. The number of anilines is 1. The van der Waals surface area contributed by atoms with Crippen LogP contribution in [0.1, 0.15) is 58.6 Å². The van der Waals surface area contributed by atoms with Crippen LogP contribution in [0, 0.1) is 6.92 Å². The van der Waals surface area contributed by atoms with Crippen molar-refractivity contribution in [1.29, 1.82) is 0 Å². The van der Waals surface area contributed by atoms with Crippen molar-refractivity contribution in [3.05, 3.63) is 69.0 Å². The molecule has 4 aromatic rings. The van der Waals surface area contributed by atoms with Crippen molar-refractivity contribution in [2.24, 2.45) is 0 Å². The standard InChI is InChI=1S/C26H27N5O3/c1-3-16-11-18-4-7-30(23(18)27-13-16)26(33)19-12-20-21(10-15(19)2)31-22(25(32)29-20)14-28-24(31)17-5-8-34-9-6-17/h10-14,17H,3-9H2,1-2H3,(H,29,32). The third-order valence-corrected chi connectivity index (χ3v) is 7.18. The fourth-order valence-electron chi connectivity index (χ4n) is 5.27. The summed E-state index contributed by atoms with van der Waals surface area (Å²) in [5, 5.41) is 0. The van der Waals surface area contributed by atoms with Gasteiger partial charge in [0.05, 0.1) is 17.2 Å². The van der Waals surface area contributed by atoms with Gasteiger partial charge in [0.1, 0.15) is 17.2 Å². The van der Waals surface area contributed by atoms with E-state index in [0.717, 1.165) is 54.0 Å². The molecule has 1 amide bonds. The molecule has 0 spiro atoms. The van der Waals surface area contributed by atoms with Crippen LogP contribution >= 0.6 is 0 Å². The monoisotopic (exact) mass is 457 g/mol. The summed E-state index contributed by atoms with van der Waals surface area (Å²) in [5.74, 6) is 1.77. The Bertz CT molecular complexity index is 1500. The molecule has 2 aliphatic heterocycles. The van der Waals surface area contributed by atoms with E-state index < -0.39 is 0 Å². The van der Waals surface area contributed by atoms with Crippen molar-refractivity contribution in [3.8, 4) is 0 Å². The zero-order valence-corrected chi connectivity index (χ0v) is 19.4. The maximum absolute atomic E-state index is 13.6. The number of ether oxygens (including phenoxy) is 1. The highest BCUT2D eigenvalue weighted by molar-refractivity contribution is 6.09. The van der Waals surface area contributed by atoms with Gasteiger partial charge in [0.15, 0.2) is 0 Å². The van der Waals surface area contributed by atoms with Gasteiger partial charge in [-0.1, -0.05) is 13.0 Å². The Kier molecular flexibility index (Phi) is 4.99. The lowest BCUT2D eigenvalue weighted by Crippen LogP contribution is -2.30. The van der Waals surface area contributed by atoms with Crippen molar-refractivity contribution in [1.82, 2.24) is 19.4 Å². The third-order valence-electron chi connectivity index (χ3n) is 7.18. The van der Waals surface area contributed by atoms with E-state index in [-0.39, 0.29) is 17.4 Å². The number of nitrogens with zero attached hydrogens (tertiary/aromatic N) is 4. The lowest BCUT2D eigenvalue weighted by molar-refractivity contribution is 0.0835. The number of hydrogen-bond acceptors (Lipinski definition) is 5. The Hall–Kier alpha value is -3.52. The molecule has 1 fully saturated rings. The Morgan fingerprint density at radius 3 is 2.76 bits per heavy atom. The van der Waals surface area contributed by atoms with Crippen LogP contribution in [-0.4, -0.2) is 45.0 Å². The molecule has 0 aliphatic carbocycles. The minimum atomic E-state index is -0.208. The second kappa shape index (κ2) is 8.06. The van der Waals surface area contributed by atoms with E-state index in [2.05, 4.69) is 27.9 Å². The molecule has 0 unspecified atom stereocenters. The molecule has 1 aromatic carbocycles. The smallest absolute Gasteiger partial charge is 0.274 e. The predicted molar refractivity (Wildman–Crippen MR) is 130 cm³/mol. The molecule has 6 rings (SSSR count). The Balaban J connectivity index is 1.45. The molecule has 1 N–H and O–H groups in total.